The van der Waals surface area contributed by atoms with Gasteiger partial charge < -0.3 is 37.9 Å². The third-order valence-corrected chi connectivity index (χ3v) is 6.88. The molecule has 0 amide bonds. The van der Waals surface area contributed by atoms with Crippen LogP contribution in [0, 0.1) is 0 Å². The Bertz CT molecular complexity index is 1390. The first kappa shape index (κ1) is 35.8. The molecule has 248 valence electrons. The van der Waals surface area contributed by atoms with E-state index in [1.54, 1.807) is 18.2 Å². The third-order valence-electron chi connectivity index (χ3n) is 6.52. The maximum Gasteiger partial charge on any atom is 0.339 e. The van der Waals surface area contributed by atoms with Gasteiger partial charge in [0.2, 0.25) is 0 Å². The van der Waals surface area contributed by atoms with E-state index < -0.39 is 97.0 Å². The molecule has 0 unspecified atom stereocenters. The predicted molar refractivity (Wildman–Crippen MR) is 149 cm³/mol. The molecule has 2 heterocycles. The third kappa shape index (κ3) is 8.97. The van der Waals surface area contributed by atoms with Gasteiger partial charge in [-0.15, -0.1) is 0 Å². The zero-order chi connectivity index (χ0) is 34.0. The monoisotopic (exact) mass is 668 g/mol. The van der Waals surface area contributed by atoms with E-state index in [0.717, 1.165) is 27.9 Å². The lowest BCUT2D eigenvalue weighted by atomic mass is 9.95. The van der Waals surface area contributed by atoms with E-state index in [1.807, 2.05) is 0 Å². The quantitative estimate of drug-likeness (QED) is 0.0819. The summed E-state index contributed by atoms with van der Waals surface area (Å²) >= 11 is 6.37. The van der Waals surface area contributed by atoms with Gasteiger partial charge in [0.25, 0.3) is 0 Å². The number of carbonyl (C=O) groups excluding carboxylic acids is 5. The molecule has 20 heteroatoms. The van der Waals surface area contributed by atoms with Gasteiger partial charge in [0.05, 0.1) is 12.7 Å². The SMILES string of the molecule is COC(=O)[C@H]1O[C@@H](O[C@H]2[C@H](OC(=O)c3ccccc3)[C@@H](N=[N+]=[N-])[C@@H](Cl)O[C@@H]2COC(C)=O)[C@@H](N=[N+]=[N-])[C@@H](OC(C)=O)[C@@H]1OC(C)=O. The first-order valence-corrected chi connectivity index (χ1v) is 13.9. The van der Waals surface area contributed by atoms with Gasteiger partial charge >= 0.3 is 29.8 Å². The zero-order valence-corrected chi connectivity index (χ0v) is 25.5. The summed E-state index contributed by atoms with van der Waals surface area (Å²) in [6.45, 7) is 2.57. The maximum atomic E-state index is 13.2. The predicted octanol–water partition coefficient (Wildman–Crippen LogP) is 2.24. The number of rotatable bonds is 11. The van der Waals surface area contributed by atoms with E-state index in [-0.39, 0.29) is 5.56 Å². The number of alkyl halides is 1. The number of azide groups is 2. The summed E-state index contributed by atoms with van der Waals surface area (Å²) < 4.78 is 43.8. The topological polar surface area (TPSA) is 257 Å². The van der Waals surface area contributed by atoms with Crippen molar-refractivity contribution < 1.29 is 61.9 Å². The number of esters is 5. The minimum absolute atomic E-state index is 0.0841. The average Bonchev–Trinajstić information content (AvgIpc) is 3.01. The number of methoxy groups -OCH3 is 1. The fourth-order valence-corrected chi connectivity index (χ4v) is 5.01. The fourth-order valence-electron chi connectivity index (χ4n) is 4.68. The summed E-state index contributed by atoms with van der Waals surface area (Å²) in [4.78, 5) is 67.3. The number of ether oxygens (including phenoxy) is 8. The molecule has 1 aromatic rings. The average molecular weight is 669 g/mol. The molecule has 0 aromatic heterocycles. The van der Waals surface area contributed by atoms with Crippen LogP contribution >= 0.6 is 11.6 Å². The molecule has 2 aliphatic rings. The van der Waals surface area contributed by atoms with Crippen LogP contribution in [0.5, 0.6) is 0 Å². The summed E-state index contributed by atoms with van der Waals surface area (Å²) in [5.74, 6) is -4.60. The van der Waals surface area contributed by atoms with Crippen molar-refractivity contribution >= 4 is 41.4 Å². The van der Waals surface area contributed by atoms with Gasteiger partial charge in [0, 0.05) is 30.6 Å². The molecule has 46 heavy (non-hydrogen) atoms. The molecule has 2 saturated heterocycles. The lowest BCUT2D eigenvalue weighted by molar-refractivity contribution is -0.304. The van der Waals surface area contributed by atoms with E-state index in [0.29, 0.717) is 0 Å². The highest BCUT2D eigenvalue weighted by atomic mass is 35.5. The number of nitrogens with zero attached hydrogens (tertiary/aromatic N) is 6. The molecule has 0 saturated carbocycles. The molecule has 0 radical (unpaired) electrons. The minimum atomic E-state index is -1.86. The van der Waals surface area contributed by atoms with E-state index in [9.17, 15) is 35.0 Å². The van der Waals surface area contributed by atoms with Crippen LogP contribution in [-0.4, -0.2) is 104 Å². The van der Waals surface area contributed by atoms with Gasteiger partial charge in [-0.2, -0.15) is 0 Å². The van der Waals surface area contributed by atoms with Crippen molar-refractivity contribution in [1.29, 1.82) is 0 Å². The van der Waals surface area contributed by atoms with Gasteiger partial charge in [-0.25, -0.2) is 9.59 Å². The highest BCUT2D eigenvalue weighted by molar-refractivity contribution is 6.20. The second-order valence-electron chi connectivity index (χ2n) is 9.65. The number of carbonyl (C=O) groups is 5. The Morgan fingerprint density at radius 1 is 0.826 bits per heavy atom. The normalized spacial score (nSPS) is 30.3. The molecule has 0 bridgehead atoms. The Kier molecular flexibility index (Phi) is 12.9. The van der Waals surface area contributed by atoms with Gasteiger partial charge in [-0.1, -0.05) is 40.0 Å². The number of benzene rings is 1. The molecule has 0 N–H and O–H groups in total. The molecule has 10 atom stereocenters. The zero-order valence-electron chi connectivity index (χ0n) is 24.7. The second kappa shape index (κ2) is 16.6. The first-order chi connectivity index (χ1) is 21.9. The fraction of sp³-hybridized carbons (Fsp3) is 0.577. The molecular weight excluding hydrogens is 640 g/mol. The van der Waals surface area contributed by atoms with Crippen LogP contribution in [0.15, 0.2) is 40.6 Å². The Morgan fingerprint density at radius 3 is 1.98 bits per heavy atom. The van der Waals surface area contributed by atoms with Crippen molar-refractivity contribution in [1.82, 2.24) is 0 Å². The molecule has 2 fully saturated rings. The number of hydrogen-bond acceptors (Lipinski definition) is 15. The van der Waals surface area contributed by atoms with Crippen LogP contribution in [0.1, 0.15) is 31.1 Å². The summed E-state index contributed by atoms with van der Waals surface area (Å²) in [7, 11) is 1.00. The Hall–Kier alpha value is -4.64. The Balaban J connectivity index is 2.15. The van der Waals surface area contributed by atoms with E-state index in [1.165, 1.54) is 12.1 Å². The molecular formula is C26H29ClN6O13. The van der Waals surface area contributed by atoms with E-state index in [4.69, 9.17) is 49.5 Å². The van der Waals surface area contributed by atoms with Gasteiger partial charge in [-0.3, -0.25) is 14.4 Å². The van der Waals surface area contributed by atoms with Crippen molar-refractivity contribution in [3.63, 3.8) is 0 Å². The van der Waals surface area contributed by atoms with Crippen LogP contribution < -0.4 is 0 Å². The van der Waals surface area contributed by atoms with E-state index >= 15 is 0 Å². The molecule has 2 aliphatic heterocycles. The smallest absolute Gasteiger partial charge is 0.339 e. The lowest BCUT2D eigenvalue weighted by Gasteiger charge is -2.47. The summed E-state index contributed by atoms with van der Waals surface area (Å²) in [5, 5.41) is 7.22. The molecule has 0 aliphatic carbocycles. The minimum Gasteiger partial charge on any atom is -0.467 e. The molecule has 0 spiro atoms. The molecule has 1 aromatic carbocycles. The second-order valence-corrected chi connectivity index (χ2v) is 10.1. The highest BCUT2D eigenvalue weighted by Gasteiger charge is 2.56. The number of hydrogen-bond donors (Lipinski definition) is 0. The highest BCUT2D eigenvalue weighted by Crippen LogP contribution is 2.36. The van der Waals surface area contributed by atoms with Gasteiger partial charge in [0.1, 0.15) is 42.6 Å². The molecule has 19 nitrogen and oxygen atoms in total. The van der Waals surface area contributed by atoms with E-state index in [2.05, 4.69) is 20.1 Å². The van der Waals surface area contributed by atoms with Gasteiger partial charge in [0.15, 0.2) is 24.6 Å². The standard InChI is InChI=1S/C26H29ClN6O13/c1-11(34)40-10-15-18(19(16(30-32-28)23(27)43-15)44-24(37)14-8-6-5-7-9-14)45-26-17(31-33-29)20(41-12(2)35)21(42-13(3)36)22(46-26)25(38)39-4/h5-9,15-23,26H,10H2,1-4H3/t15-,16-,17+,18-,19-,20-,21+,22+,23+,26-/m1/s1. The van der Waals surface area contributed by atoms with Crippen molar-refractivity contribution in [2.75, 3.05) is 13.7 Å². The van der Waals surface area contributed by atoms with Crippen LogP contribution in [0.4, 0.5) is 0 Å². The largest absolute Gasteiger partial charge is 0.467 e. The van der Waals surface area contributed by atoms with Crippen LogP contribution in [0.3, 0.4) is 0 Å². The Morgan fingerprint density at radius 2 is 1.41 bits per heavy atom. The van der Waals surface area contributed by atoms with Gasteiger partial charge in [-0.05, 0) is 23.2 Å². The van der Waals surface area contributed by atoms with Crippen LogP contribution in [0.25, 0.3) is 20.9 Å². The maximum absolute atomic E-state index is 13.2. The van der Waals surface area contributed by atoms with Crippen LogP contribution in [0.2, 0.25) is 0 Å². The lowest BCUT2D eigenvalue weighted by Crippen LogP contribution is -2.65. The summed E-state index contributed by atoms with van der Waals surface area (Å²) in [6, 6.07) is 4.53. The Labute approximate surface area is 265 Å². The summed E-state index contributed by atoms with van der Waals surface area (Å²) in [6.07, 6.45) is -11.6. The summed E-state index contributed by atoms with van der Waals surface area (Å²) in [5.41, 5.74) is 17.3. The van der Waals surface area contributed by atoms with Crippen molar-refractivity contribution in [2.24, 2.45) is 10.2 Å². The number of halogens is 1. The van der Waals surface area contributed by atoms with Crippen molar-refractivity contribution in [3.05, 3.63) is 56.8 Å². The molecule has 3 rings (SSSR count). The van der Waals surface area contributed by atoms with Crippen molar-refractivity contribution in [3.8, 4) is 0 Å². The van der Waals surface area contributed by atoms with Crippen molar-refractivity contribution in [2.45, 2.75) is 81.3 Å². The first-order valence-electron chi connectivity index (χ1n) is 13.4. The van der Waals surface area contributed by atoms with Crippen LogP contribution in [-0.2, 0) is 57.1 Å².